The lowest BCUT2D eigenvalue weighted by molar-refractivity contribution is 0.653. The van der Waals surface area contributed by atoms with E-state index in [0.29, 0.717) is 0 Å². The highest BCUT2D eigenvalue weighted by Gasteiger charge is 2.38. The third-order valence-corrected chi connectivity index (χ3v) is 12.7. The second-order valence-corrected chi connectivity index (χ2v) is 16.0. The van der Waals surface area contributed by atoms with E-state index in [4.69, 9.17) is 4.42 Å². The maximum Gasteiger partial charge on any atom is 0.143 e. The van der Waals surface area contributed by atoms with E-state index < -0.39 is 0 Å². The number of fused-ring (bicyclic) bond motifs is 12. The van der Waals surface area contributed by atoms with Crippen molar-refractivity contribution < 1.29 is 4.42 Å². The Bertz CT molecular complexity index is 3370. The first kappa shape index (κ1) is 31.4. The summed E-state index contributed by atoms with van der Waals surface area (Å²) in [4.78, 5) is 0. The predicted molar refractivity (Wildman–Crippen MR) is 238 cm³/mol. The molecule has 1 aliphatic carbocycles. The highest BCUT2D eigenvalue weighted by Crippen LogP contribution is 2.54. The lowest BCUT2D eigenvalue weighted by atomic mass is 9.82. The second-order valence-electron chi connectivity index (χ2n) is 16.0. The van der Waals surface area contributed by atoms with Crippen molar-refractivity contribution in [1.29, 1.82) is 0 Å². The maximum absolute atomic E-state index is 6.79. The van der Waals surface area contributed by atoms with Crippen LogP contribution in [0.1, 0.15) is 25.0 Å². The predicted octanol–water partition coefficient (Wildman–Crippen LogP) is 15.5. The Hall–Kier alpha value is -6.96. The molecule has 0 fully saturated rings. The lowest BCUT2D eigenvalue weighted by Gasteiger charge is -2.21. The molecule has 1 heterocycles. The number of benzene rings is 10. The molecular formula is C55H36O. The fourth-order valence-corrected chi connectivity index (χ4v) is 10.0. The van der Waals surface area contributed by atoms with Crippen LogP contribution in [-0.4, -0.2) is 0 Å². The molecule has 1 heteroatoms. The summed E-state index contributed by atoms with van der Waals surface area (Å²) in [5.74, 6) is 0. The van der Waals surface area contributed by atoms with Gasteiger partial charge in [0.05, 0.1) is 0 Å². The van der Waals surface area contributed by atoms with Gasteiger partial charge in [0.1, 0.15) is 11.2 Å². The van der Waals surface area contributed by atoms with Gasteiger partial charge in [-0.1, -0.05) is 184 Å². The Kier molecular flexibility index (Phi) is 6.46. The first-order valence-electron chi connectivity index (χ1n) is 19.6. The van der Waals surface area contributed by atoms with Crippen LogP contribution < -0.4 is 0 Å². The minimum Gasteiger partial charge on any atom is -0.455 e. The molecule has 0 spiro atoms. The second kappa shape index (κ2) is 11.5. The minimum absolute atomic E-state index is 0.136. The Balaban J connectivity index is 1.02. The highest BCUT2D eigenvalue weighted by atomic mass is 16.3. The minimum atomic E-state index is -0.136. The van der Waals surface area contributed by atoms with Crippen LogP contribution >= 0.6 is 0 Å². The van der Waals surface area contributed by atoms with E-state index in [9.17, 15) is 0 Å². The van der Waals surface area contributed by atoms with Gasteiger partial charge in [-0.25, -0.2) is 0 Å². The molecule has 262 valence electrons. The molecule has 10 aromatic carbocycles. The summed E-state index contributed by atoms with van der Waals surface area (Å²) >= 11 is 0. The first-order chi connectivity index (χ1) is 27.5. The Labute approximate surface area is 325 Å². The zero-order valence-corrected chi connectivity index (χ0v) is 31.2. The van der Waals surface area contributed by atoms with Crippen molar-refractivity contribution >= 4 is 65.0 Å². The number of hydrogen-bond donors (Lipinski definition) is 0. The Morgan fingerprint density at radius 3 is 1.62 bits per heavy atom. The van der Waals surface area contributed by atoms with Crippen molar-refractivity contribution in [2.45, 2.75) is 19.3 Å². The lowest BCUT2D eigenvalue weighted by Crippen LogP contribution is -2.14. The van der Waals surface area contributed by atoms with E-state index in [1.165, 1.54) is 109 Å². The Morgan fingerprint density at radius 1 is 0.357 bits per heavy atom. The quantitative estimate of drug-likeness (QED) is 0.166. The standard InChI is InChI=1S/C55H36O/c1-55(2)47-29-26-37(32-46(47)53-48(55)30-28-45-52-39-16-6-4-13-35(39)27-31-49(52)56-54(45)53)33-22-24-36(25-23-33)50-41-17-7-9-19-43(41)51(44-20-10-8-18-42(44)50)40-21-11-14-34-12-3-5-15-38(34)40/h3-32H,1-2H3. The Morgan fingerprint density at radius 2 is 0.911 bits per heavy atom. The fraction of sp³-hybridized carbons (Fsp3) is 0.0545. The molecule has 0 atom stereocenters. The number of furan rings is 1. The summed E-state index contributed by atoms with van der Waals surface area (Å²) in [6.45, 7) is 4.69. The highest BCUT2D eigenvalue weighted by molar-refractivity contribution is 6.24. The van der Waals surface area contributed by atoms with Crippen molar-refractivity contribution in [3.8, 4) is 44.5 Å². The van der Waals surface area contributed by atoms with Crippen molar-refractivity contribution in [2.75, 3.05) is 0 Å². The van der Waals surface area contributed by atoms with E-state index in [1.54, 1.807) is 0 Å². The maximum atomic E-state index is 6.79. The van der Waals surface area contributed by atoms with Crippen LogP contribution in [0.2, 0.25) is 0 Å². The van der Waals surface area contributed by atoms with E-state index in [-0.39, 0.29) is 5.41 Å². The van der Waals surface area contributed by atoms with E-state index >= 15 is 0 Å². The normalized spacial score (nSPS) is 13.3. The van der Waals surface area contributed by atoms with Gasteiger partial charge in [0.25, 0.3) is 0 Å². The molecular weight excluding hydrogens is 677 g/mol. The van der Waals surface area contributed by atoms with Crippen molar-refractivity contribution in [1.82, 2.24) is 0 Å². The summed E-state index contributed by atoms with van der Waals surface area (Å²) in [5, 5.41) is 12.4. The summed E-state index contributed by atoms with van der Waals surface area (Å²) < 4.78 is 6.79. The van der Waals surface area contributed by atoms with Gasteiger partial charge in [0, 0.05) is 21.8 Å². The summed E-state index contributed by atoms with van der Waals surface area (Å²) in [6, 6.07) is 67.1. The molecule has 0 saturated heterocycles. The van der Waals surface area contributed by atoms with Crippen molar-refractivity contribution in [2.24, 2.45) is 0 Å². The van der Waals surface area contributed by atoms with Gasteiger partial charge in [-0.3, -0.25) is 0 Å². The van der Waals surface area contributed by atoms with Crippen LogP contribution in [0, 0.1) is 0 Å². The average molecular weight is 713 g/mol. The molecule has 12 rings (SSSR count). The first-order valence-corrected chi connectivity index (χ1v) is 19.6. The van der Waals surface area contributed by atoms with Crippen LogP contribution in [0.4, 0.5) is 0 Å². The van der Waals surface area contributed by atoms with E-state index in [1.807, 2.05) is 0 Å². The van der Waals surface area contributed by atoms with Crippen LogP contribution in [0.15, 0.2) is 186 Å². The third kappa shape index (κ3) is 4.31. The zero-order valence-electron chi connectivity index (χ0n) is 31.2. The average Bonchev–Trinajstić information content (AvgIpc) is 3.74. The van der Waals surface area contributed by atoms with E-state index in [2.05, 4.69) is 196 Å². The fourth-order valence-electron chi connectivity index (χ4n) is 10.0. The summed E-state index contributed by atoms with van der Waals surface area (Å²) in [5.41, 5.74) is 14.4. The molecule has 0 saturated carbocycles. The third-order valence-electron chi connectivity index (χ3n) is 12.7. The molecule has 0 radical (unpaired) electrons. The van der Waals surface area contributed by atoms with Gasteiger partial charge in [0.2, 0.25) is 0 Å². The molecule has 11 aromatic rings. The molecule has 0 N–H and O–H groups in total. The number of hydrogen-bond acceptors (Lipinski definition) is 1. The summed E-state index contributed by atoms with van der Waals surface area (Å²) in [7, 11) is 0. The topological polar surface area (TPSA) is 13.1 Å². The molecule has 0 bridgehead atoms. The molecule has 56 heavy (non-hydrogen) atoms. The zero-order chi connectivity index (χ0) is 37.1. The van der Waals surface area contributed by atoms with Gasteiger partial charge in [-0.05, 0) is 105 Å². The van der Waals surface area contributed by atoms with Gasteiger partial charge < -0.3 is 4.42 Å². The smallest absolute Gasteiger partial charge is 0.143 e. The monoisotopic (exact) mass is 712 g/mol. The molecule has 0 unspecified atom stereocenters. The van der Waals surface area contributed by atoms with Crippen molar-refractivity contribution in [3.05, 3.63) is 193 Å². The summed E-state index contributed by atoms with van der Waals surface area (Å²) in [6.07, 6.45) is 0. The molecule has 0 aliphatic heterocycles. The SMILES string of the molecule is CC1(C)c2ccc(-c3ccc(-c4c5ccccc5c(-c5cccc6ccccc56)c5ccccc45)cc3)cc2-c2c1ccc1c2oc2ccc3ccccc3c21. The van der Waals surface area contributed by atoms with Crippen LogP contribution in [0.3, 0.4) is 0 Å². The number of rotatable bonds is 3. The van der Waals surface area contributed by atoms with Crippen LogP contribution in [-0.2, 0) is 5.41 Å². The van der Waals surface area contributed by atoms with Gasteiger partial charge in [0.15, 0.2) is 0 Å². The van der Waals surface area contributed by atoms with Gasteiger partial charge in [-0.15, -0.1) is 0 Å². The van der Waals surface area contributed by atoms with Gasteiger partial charge in [-0.2, -0.15) is 0 Å². The van der Waals surface area contributed by atoms with Crippen LogP contribution in [0.5, 0.6) is 0 Å². The van der Waals surface area contributed by atoms with Crippen LogP contribution in [0.25, 0.3) is 110 Å². The molecule has 0 amide bonds. The van der Waals surface area contributed by atoms with E-state index in [0.717, 1.165) is 11.2 Å². The largest absolute Gasteiger partial charge is 0.455 e. The molecule has 1 aliphatic rings. The molecule has 1 nitrogen and oxygen atoms in total. The molecule has 1 aromatic heterocycles. The van der Waals surface area contributed by atoms with Crippen molar-refractivity contribution in [3.63, 3.8) is 0 Å². The van der Waals surface area contributed by atoms with Gasteiger partial charge >= 0.3 is 0 Å².